The number of sulfone groups is 1. The van der Waals surface area contributed by atoms with E-state index in [4.69, 9.17) is 5.14 Å². The zero-order valence-electron chi connectivity index (χ0n) is 7.21. The average molecular weight is 236 g/mol. The van der Waals surface area contributed by atoms with Crippen molar-refractivity contribution < 1.29 is 16.8 Å². The average Bonchev–Trinajstić information content (AvgIpc) is 2.01. The summed E-state index contributed by atoms with van der Waals surface area (Å²) < 4.78 is 44.2. The Kier molecular flexibility index (Phi) is 2.61. The van der Waals surface area contributed by atoms with Crippen molar-refractivity contribution in [1.29, 1.82) is 0 Å². The highest BCUT2D eigenvalue weighted by molar-refractivity contribution is 7.93. The van der Waals surface area contributed by atoms with Gasteiger partial charge in [0.25, 0.3) is 10.0 Å². The van der Waals surface area contributed by atoms with Gasteiger partial charge < -0.3 is 0 Å². The molecule has 0 bridgehead atoms. The van der Waals surface area contributed by atoms with Crippen LogP contribution in [-0.4, -0.2) is 28.1 Å². The van der Waals surface area contributed by atoms with Crippen molar-refractivity contribution in [2.45, 2.75) is 9.92 Å². The number of rotatable bonds is 2. The number of primary sulfonamides is 1. The van der Waals surface area contributed by atoms with Crippen LogP contribution in [0.25, 0.3) is 0 Å². The zero-order chi connectivity index (χ0) is 11.0. The predicted octanol–water partition coefficient (Wildman–Crippen LogP) is -0.867. The first-order valence-corrected chi connectivity index (χ1v) is 6.84. The van der Waals surface area contributed by atoms with E-state index in [2.05, 4.69) is 4.98 Å². The Morgan fingerprint density at radius 2 is 1.86 bits per heavy atom. The third-order valence-corrected chi connectivity index (χ3v) is 3.53. The van der Waals surface area contributed by atoms with Crippen LogP contribution in [0, 0.1) is 0 Å². The van der Waals surface area contributed by atoms with Gasteiger partial charge in [0.05, 0.1) is 0 Å². The van der Waals surface area contributed by atoms with Crippen molar-refractivity contribution in [3.05, 3.63) is 18.3 Å². The SMILES string of the molecule is CS(=O)(=O)c1cccnc1S(N)(=O)=O. The van der Waals surface area contributed by atoms with Crippen molar-refractivity contribution in [2.24, 2.45) is 5.14 Å². The van der Waals surface area contributed by atoms with Crippen molar-refractivity contribution in [2.75, 3.05) is 6.26 Å². The third-order valence-electron chi connectivity index (χ3n) is 1.41. The largest absolute Gasteiger partial charge is 0.256 e. The van der Waals surface area contributed by atoms with Gasteiger partial charge in [-0.3, -0.25) is 0 Å². The number of aromatic nitrogens is 1. The van der Waals surface area contributed by atoms with Gasteiger partial charge in [0.2, 0.25) is 0 Å². The standard InChI is InChI=1S/C6H8N2O4S2/c1-13(9,10)5-3-2-4-8-6(5)14(7,11)12/h2-4H,1H3,(H2,7,11,12). The molecule has 0 radical (unpaired) electrons. The molecule has 0 aliphatic rings. The fraction of sp³-hybridized carbons (Fsp3) is 0.167. The van der Waals surface area contributed by atoms with Crippen LogP contribution in [0.1, 0.15) is 0 Å². The number of nitrogens with zero attached hydrogens (tertiary/aromatic N) is 1. The Morgan fingerprint density at radius 1 is 1.29 bits per heavy atom. The Hall–Kier alpha value is -0.990. The molecule has 0 aliphatic carbocycles. The van der Waals surface area contributed by atoms with E-state index in [1.807, 2.05) is 0 Å². The predicted molar refractivity (Wildman–Crippen MR) is 48.7 cm³/mol. The molecule has 78 valence electrons. The molecule has 14 heavy (non-hydrogen) atoms. The fourth-order valence-electron chi connectivity index (χ4n) is 0.872. The summed E-state index contributed by atoms with van der Waals surface area (Å²) in [5.41, 5.74) is 0. The van der Waals surface area contributed by atoms with Gasteiger partial charge in [-0.25, -0.2) is 27.0 Å². The normalized spacial score (nSPS) is 12.7. The Morgan fingerprint density at radius 3 is 2.21 bits per heavy atom. The lowest BCUT2D eigenvalue weighted by Gasteiger charge is -2.02. The van der Waals surface area contributed by atoms with E-state index in [1.54, 1.807) is 0 Å². The summed E-state index contributed by atoms with van der Waals surface area (Å²) in [6.45, 7) is 0. The molecule has 1 aromatic heterocycles. The first kappa shape index (κ1) is 11.1. The van der Waals surface area contributed by atoms with Gasteiger partial charge in [-0.05, 0) is 12.1 Å². The monoisotopic (exact) mass is 236 g/mol. The Labute approximate surface area is 81.7 Å². The number of nitrogens with two attached hydrogens (primary N) is 1. The summed E-state index contributed by atoms with van der Waals surface area (Å²) in [6, 6.07) is 2.47. The van der Waals surface area contributed by atoms with E-state index in [9.17, 15) is 16.8 Å². The molecule has 1 heterocycles. The smallest absolute Gasteiger partial charge is 0.242 e. The molecule has 0 aromatic carbocycles. The molecule has 1 aromatic rings. The molecule has 0 spiro atoms. The van der Waals surface area contributed by atoms with E-state index in [-0.39, 0.29) is 4.90 Å². The Bertz CT molecular complexity index is 496. The minimum Gasteiger partial charge on any atom is -0.242 e. The van der Waals surface area contributed by atoms with Crippen LogP contribution in [0.15, 0.2) is 28.3 Å². The van der Waals surface area contributed by atoms with Gasteiger partial charge in [0.1, 0.15) is 4.90 Å². The number of pyridine rings is 1. The van der Waals surface area contributed by atoms with Crippen molar-refractivity contribution in [3.8, 4) is 0 Å². The van der Waals surface area contributed by atoms with Crippen LogP contribution >= 0.6 is 0 Å². The summed E-state index contributed by atoms with van der Waals surface area (Å²) in [5, 5.41) is 4.18. The van der Waals surface area contributed by atoms with Crippen LogP contribution < -0.4 is 5.14 Å². The highest BCUT2D eigenvalue weighted by Crippen LogP contribution is 2.15. The molecule has 8 heteroatoms. The van der Waals surface area contributed by atoms with Crippen molar-refractivity contribution in [1.82, 2.24) is 4.98 Å². The fourth-order valence-corrected chi connectivity index (χ4v) is 2.93. The molecule has 0 unspecified atom stereocenters. The lowest BCUT2D eigenvalue weighted by atomic mass is 10.5. The summed E-state index contributed by atoms with van der Waals surface area (Å²) in [7, 11) is -7.75. The minimum atomic E-state index is -4.11. The van der Waals surface area contributed by atoms with Crippen molar-refractivity contribution >= 4 is 19.9 Å². The van der Waals surface area contributed by atoms with Gasteiger partial charge in [0, 0.05) is 12.5 Å². The van der Waals surface area contributed by atoms with Crippen LogP contribution in [0.4, 0.5) is 0 Å². The lowest BCUT2D eigenvalue weighted by molar-refractivity contribution is 0.581. The van der Waals surface area contributed by atoms with E-state index in [0.717, 1.165) is 18.5 Å². The first-order valence-electron chi connectivity index (χ1n) is 3.41. The quantitative estimate of drug-likeness (QED) is 0.718. The van der Waals surface area contributed by atoms with E-state index < -0.39 is 24.9 Å². The van der Waals surface area contributed by atoms with E-state index in [0.29, 0.717) is 0 Å². The molecule has 0 atom stereocenters. The summed E-state index contributed by atoms with van der Waals surface area (Å²) in [4.78, 5) is 3.04. The maximum Gasteiger partial charge on any atom is 0.256 e. The topological polar surface area (TPSA) is 107 Å². The first-order chi connectivity index (χ1) is 6.23. The molecular weight excluding hydrogens is 228 g/mol. The molecule has 6 nitrogen and oxygen atoms in total. The van der Waals surface area contributed by atoms with Crippen LogP contribution in [0.2, 0.25) is 0 Å². The molecule has 2 N–H and O–H groups in total. The molecule has 0 amide bonds. The maximum absolute atomic E-state index is 11.1. The van der Waals surface area contributed by atoms with Gasteiger partial charge >= 0.3 is 0 Å². The van der Waals surface area contributed by atoms with Crippen LogP contribution in [-0.2, 0) is 19.9 Å². The molecule has 0 saturated heterocycles. The van der Waals surface area contributed by atoms with Gasteiger partial charge in [-0.15, -0.1) is 0 Å². The minimum absolute atomic E-state index is 0.387. The number of sulfonamides is 1. The highest BCUT2D eigenvalue weighted by atomic mass is 32.2. The molecule has 0 fully saturated rings. The van der Waals surface area contributed by atoms with Gasteiger partial charge in [0.15, 0.2) is 14.9 Å². The number of hydrogen-bond acceptors (Lipinski definition) is 5. The zero-order valence-corrected chi connectivity index (χ0v) is 8.84. The Balaban J connectivity index is 3.64. The third kappa shape index (κ3) is 2.28. The van der Waals surface area contributed by atoms with Gasteiger partial charge in [-0.2, -0.15) is 0 Å². The summed E-state index contributed by atoms with van der Waals surface area (Å²) in [6.07, 6.45) is 2.05. The highest BCUT2D eigenvalue weighted by Gasteiger charge is 2.21. The molecule has 1 rings (SSSR count). The second kappa shape index (κ2) is 3.30. The van der Waals surface area contributed by atoms with Crippen LogP contribution in [0.5, 0.6) is 0 Å². The molecule has 0 aliphatic heterocycles. The summed E-state index contributed by atoms with van der Waals surface area (Å²) >= 11 is 0. The number of hydrogen-bond donors (Lipinski definition) is 1. The molecular formula is C6H8N2O4S2. The van der Waals surface area contributed by atoms with E-state index >= 15 is 0 Å². The second-order valence-electron chi connectivity index (χ2n) is 2.62. The lowest BCUT2D eigenvalue weighted by Crippen LogP contribution is -2.17. The van der Waals surface area contributed by atoms with Gasteiger partial charge in [-0.1, -0.05) is 0 Å². The van der Waals surface area contributed by atoms with E-state index in [1.165, 1.54) is 6.07 Å². The van der Waals surface area contributed by atoms with Crippen molar-refractivity contribution in [3.63, 3.8) is 0 Å². The second-order valence-corrected chi connectivity index (χ2v) is 6.08. The summed E-state index contributed by atoms with van der Waals surface area (Å²) in [5.74, 6) is 0. The van der Waals surface area contributed by atoms with Crippen LogP contribution in [0.3, 0.4) is 0 Å². The maximum atomic E-state index is 11.1. The molecule has 0 saturated carbocycles.